The third kappa shape index (κ3) is 6.78. The quantitative estimate of drug-likeness (QED) is 0.329. The molecule has 0 fully saturated rings. The van der Waals surface area contributed by atoms with Crippen LogP contribution < -0.4 is 0 Å². The molecule has 2 aromatic rings. The van der Waals surface area contributed by atoms with Crippen LogP contribution in [-0.2, 0) is 17.6 Å². The minimum atomic E-state index is -0.203. The van der Waals surface area contributed by atoms with E-state index in [1.165, 1.54) is 87.2 Å². The molecule has 0 heterocycles. The number of rotatable bonds is 3. The van der Waals surface area contributed by atoms with E-state index in [0.717, 1.165) is 41.2 Å². The lowest BCUT2D eigenvalue weighted by Crippen LogP contribution is -2.12. The zero-order valence-electron chi connectivity index (χ0n) is 19.7. The van der Waals surface area contributed by atoms with Crippen LogP contribution in [0.3, 0.4) is 0 Å². The van der Waals surface area contributed by atoms with Crippen LogP contribution >= 0.6 is 23.4 Å². The Bertz CT molecular complexity index is 876. The van der Waals surface area contributed by atoms with Gasteiger partial charge in [-0.3, -0.25) is 0 Å². The Morgan fingerprint density at radius 1 is 0.812 bits per heavy atom. The molecule has 1 aliphatic rings. The van der Waals surface area contributed by atoms with E-state index in [-0.39, 0.29) is 5.97 Å². The van der Waals surface area contributed by atoms with Crippen molar-refractivity contribution >= 4 is 29.3 Å². The van der Waals surface area contributed by atoms with Crippen molar-refractivity contribution in [2.45, 2.75) is 88.4 Å². The van der Waals surface area contributed by atoms with E-state index >= 15 is 0 Å². The van der Waals surface area contributed by atoms with Gasteiger partial charge in [0, 0.05) is 9.92 Å². The number of esters is 1. The lowest BCUT2D eigenvalue weighted by Gasteiger charge is -2.21. The predicted molar refractivity (Wildman–Crippen MR) is 138 cm³/mol. The molecule has 4 heteroatoms. The van der Waals surface area contributed by atoms with E-state index in [1.54, 1.807) is 11.8 Å². The average molecular weight is 473 g/mol. The van der Waals surface area contributed by atoms with Crippen LogP contribution in [0.25, 0.3) is 11.1 Å². The third-order valence-electron chi connectivity index (χ3n) is 6.63. The summed E-state index contributed by atoms with van der Waals surface area (Å²) in [6.45, 7) is 0. The van der Waals surface area contributed by atoms with E-state index in [2.05, 4.69) is 18.2 Å². The van der Waals surface area contributed by atoms with Gasteiger partial charge >= 0.3 is 5.97 Å². The van der Waals surface area contributed by atoms with Crippen molar-refractivity contribution < 1.29 is 9.53 Å². The van der Waals surface area contributed by atoms with E-state index in [4.69, 9.17) is 16.3 Å². The van der Waals surface area contributed by atoms with Crippen LogP contribution in [0.1, 0.15) is 92.1 Å². The number of halogens is 1. The van der Waals surface area contributed by atoms with Gasteiger partial charge in [0.25, 0.3) is 0 Å². The topological polar surface area (TPSA) is 26.3 Å². The Morgan fingerprint density at radius 2 is 1.31 bits per heavy atom. The van der Waals surface area contributed by atoms with Crippen molar-refractivity contribution in [3.63, 3.8) is 0 Å². The first kappa shape index (κ1) is 25.2. The summed E-state index contributed by atoms with van der Waals surface area (Å²) in [6, 6.07) is 10.3. The second kappa shape index (κ2) is 13.3. The highest BCUT2D eigenvalue weighted by atomic mass is 35.5. The molecule has 0 saturated carbocycles. The van der Waals surface area contributed by atoms with Crippen molar-refractivity contribution in [2.24, 2.45) is 0 Å². The van der Waals surface area contributed by atoms with E-state index in [0.29, 0.717) is 0 Å². The van der Waals surface area contributed by atoms with Crippen LogP contribution in [0.15, 0.2) is 35.2 Å². The number of ether oxygens (including phenoxy) is 1. The molecular formula is C28H37ClO2S. The molecule has 2 nitrogen and oxygen atoms in total. The van der Waals surface area contributed by atoms with Crippen LogP contribution in [0.2, 0.25) is 5.02 Å². The van der Waals surface area contributed by atoms with Crippen molar-refractivity contribution in [1.82, 2.24) is 0 Å². The van der Waals surface area contributed by atoms with Crippen molar-refractivity contribution in [3.05, 3.63) is 52.0 Å². The first-order valence-electron chi connectivity index (χ1n) is 12.2. The highest BCUT2D eigenvalue weighted by Gasteiger charge is 2.23. The fourth-order valence-corrected chi connectivity index (χ4v) is 5.65. The first-order chi connectivity index (χ1) is 15.7. The Kier molecular flexibility index (Phi) is 10.5. The van der Waals surface area contributed by atoms with Crippen molar-refractivity contribution in [2.75, 3.05) is 13.4 Å². The number of fused-ring (bicyclic) bond motifs is 1. The zero-order chi connectivity index (χ0) is 22.8. The lowest BCUT2D eigenvalue weighted by molar-refractivity contribution is 0.0595. The van der Waals surface area contributed by atoms with E-state index in [9.17, 15) is 4.79 Å². The second-order valence-corrected chi connectivity index (χ2v) is 10.1. The first-order valence-corrected chi connectivity index (χ1v) is 13.8. The number of methoxy groups -OCH3 is 1. The number of benzene rings is 2. The molecule has 0 amide bonds. The number of carbonyl (C=O) groups is 1. The minimum absolute atomic E-state index is 0.203. The molecule has 0 bridgehead atoms. The van der Waals surface area contributed by atoms with Gasteiger partial charge in [0.1, 0.15) is 0 Å². The fourth-order valence-electron chi connectivity index (χ4n) is 4.88. The molecule has 0 spiro atoms. The normalized spacial score (nSPS) is 16.5. The molecule has 0 aromatic heterocycles. The fraction of sp³-hybridized carbons (Fsp3) is 0.536. The standard InChI is InChI=1S/C28H37ClO2S/c1-31-28(30)27-24-15-13-11-9-7-5-3-4-6-8-10-12-14-23(24)25(20-26(27)32-2)21-16-18-22(29)19-17-21/h16-20H,3-15H2,1-2H3. The number of carbonyl (C=O) groups excluding carboxylic acids is 1. The largest absolute Gasteiger partial charge is 0.465 e. The molecule has 3 rings (SSSR count). The summed E-state index contributed by atoms with van der Waals surface area (Å²) >= 11 is 7.82. The van der Waals surface area contributed by atoms with Gasteiger partial charge in [-0.25, -0.2) is 4.79 Å². The maximum Gasteiger partial charge on any atom is 0.339 e. The Balaban J connectivity index is 2.09. The number of thioether (sulfide) groups is 1. The molecule has 2 aromatic carbocycles. The van der Waals surface area contributed by atoms with E-state index < -0.39 is 0 Å². The molecule has 0 aliphatic heterocycles. The summed E-state index contributed by atoms with van der Waals surface area (Å²) in [7, 11) is 1.50. The Labute approximate surface area is 203 Å². The van der Waals surface area contributed by atoms with Gasteiger partial charge in [0.05, 0.1) is 12.7 Å². The van der Waals surface area contributed by atoms with Gasteiger partial charge < -0.3 is 4.74 Å². The number of hydrogen-bond acceptors (Lipinski definition) is 3. The van der Waals surface area contributed by atoms with Gasteiger partial charge in [-0.2, -0.15) is 0 Å². The maximum absolute atomic E-state index is 12.9. The smallest absolute Gasteiger partial charge is 0.339 e. The second-order valence-electron chi connectivity index (χ2n) is 8.85. The highest BCUT2D eigenvalue weighted by molar-refractivity contribution is 7.98. The summed E-state index contributed by atoms with van der Waals surface area (Å²) in [5, 5.41) is 0.748. The molecule has 0 unspecified atom stereocenters. The Hall–Kier alpha value is -1.45. The van der Waals surface area contributed by atoms with Crippen LogP contribution in [-0.4, -0.2) is 19.3 Å². The molecule has 0 radical (unpaired) electrons. The maximum atomic E-state index is 12.9. The predicted octanol–water partition coefficient (Wildman–Crippen LogP) is 8.91. The molecule has 0 saturated heterocycles. The Morgan fingerprint density at radius 3 is 1.81 bits per heavy atom. The summed E-state index contributed by atoms with van der Waals surface area (Å²) in [6.07, 6.45) is 18.1. The van der Waals surface area contributed by atoms with E-state index in [1.807, 2.05) is 18.4 Å². The average Bonchev–Trinajstić information content (AvgIpc) is 2.82. The molecule has 32 heavy (non-hydrogen) atoms. The van der Waals surface area contributed by atoms with Crippen molar-refractivity contribution in [3.8, 4) is 11.1 Å². The summed E-state index contributed by atoms with van der Waals surface area (Å²) in [5.74, 6) is -0.203. The van der Waals surface area contributed by atoms with Gasteiger partial charge in [0.2, 0.25) is 0 Å². The zero-order valence-corrected chi connectivity index (χ0v) is 21.3. The SMILES string of the molecule is COC(=O)c1c(SC)cc(-c2ccc(Cl)cc2)c2c1CCCCCCCCCCCCC2. The van der Waals surface area contributed by atoms with Crippen LogP contribution in [0, 0.1) is 0 Å². The van der Waals surface area contributed by atoms with Crippen LogP contribution in [0.5, 0.6) is 0 Å². The highest BCUT2D eigenvalue weighted by Crippen LogP contribution is 2.38. The summed E-state index contributed by atoms with van der Waals surface area (Å²) < 4.78 is 5.26. The number of hydrogen-bond donors (Lipinski definition) is 0. The molecular weight excluding hydrogens is 436 g/mol. The molecule has 0 N–H and O–H groups in total. The van der Waals surface area contributed by atoms with Crippen molar-refractivity contribution in [1.29, 1.82) is 0 Å². The summed E-state index contributed by atoms with van der Waals surface area (Å²) in [5.41, 5.74) is 5.76. The third-order valence-corrected chi connectivity index (χ3v) is 7.64. The minimum Gasteiger partial charge on any atom is -0.465 e. The van der Waals surface area contributed by atoms with Crippen LogP contribution in [0.4, 0.5) is 0 Å². The molecule has 174 valence electrons. The summed E-state index contributed by atoms with van der Waals surface area (Å²) in [4.78, 5) is 13.9. The van der Waals surface area contributed by atoms with Gasteiger partial charge in [-0.1, -0.05) is 81.5 Å². The van der Waals surface area contributed by atoms with Gasteiger partial charge in [-0.15, -0.1) is 11.8 Å². The monoisotopic (exact) mass is 472 g/mol. The lowest BCUT2D eigenvalue weighted by atomic mass is 9.86. The molecule has 0 atom stereocenters. The van der Waals surface area contributed by atoms with Gasteiger partial charge in [0.15, 0.2) is 0 Å². The molecule has 1 aliphatic carbocycles. The van der Waals surface area contributed by atoms with Gasteiger partial charge in [-0.05, 0) is 72.4 Å².